The maximum Gasteiger partial charge on any atom is 0.243 e. The Morgan fingerprint density at radius 3 is 2.60 bits per heavy atom. The maximum absolute atomic E-state index is 12.7. The molecule has 7 nitrogen and oxygen atoms in total. The van der Waals surface area contributed by atoms with E-state index in [-0.39, 0.29) is 17.7 Å². The standard InChI is InChI=1S/C17H27N5O2S/c1-12(23)18-16-20-17(25-21-16)22-10-6-7-13(11-22)15(24)19-14-8-4-2-3-5-9-14/h13-14H,2-11H2,1H3,(H,19,24)(H,18,21,23)/t13-/m1/s1. The molecule has 3 rings (SSSR count). The van der Waals surface area contributed by atoms with Gasteiger partial charge in [-0.15, -0.1) is 0 Å². The summed E-state index contributed by atoms with van der Waals surface area (Å²) < 4.78 is 4.16. The van der Waals surface area contributed by atoms with E-state index in [1.807, 2.05) is 0 Å². The van der Waals surface area contributed by atoms with E-state index in [0.717, 1.165) is 37.4 Å². The monoisotopic (exact) mass is 365 g/mol. The molecule has 2 fully saturated rings. The van der Waals surface area contributed by atoms with Gasteiger partial charge in [0.05, 0.1) is 5.92 Å². The number of nitrogens with one attached hydrogen (secondary N) is 2. The molecule has 2 amide bonds. The zero-order valence-corrected chi connectivity index (χ0v) is 15.6. The SMILES string of the molecule is CC(=O)Nc1nsc(N2CCC[C@@H](C(=O)NC3CCCCCC3)C2)n1. The predicted molar refractivity (Wildman–Crippen MR) is 98.8 cm³/mol. The molecule has 1 atom stereocenters. The second kappa shape index (κ2) is 8.60. The topological polar surface area (TPSA) is 87.2 Å². The van der Waals surface area contributed by atoms with E-state index >= 15 is 0 Å². The average Bonchev–Trinajstić information content (AvgIpc) is 2.90. The lowest BCUT2D eigenvalue weighted by molar-refractivity contribution is -0.126. The molecule has 0 unspecified atom stereocenters. The molecular weight excluding hydrogens is 338 g/mol. The van der Waals surface area contributed by atoms with Crippen molar-refractivity contribution in [2.24, 2.45) is 5.92 Å². The lowest BCUT2D eigenvalue weighted by Crippen LogP contribution is -2.46. The zero-order chi connectivity index (χ0) is 17.6. The summed E-state index contributed by atoms with van der Waals surface area (Å²) in [6.45, 7) is 2.99. The second-order valence-electron chi connectivity index (χ2n) is 7.06. The molecule has 2 aliphatic rings. The van der Waals surface area contributed by atoms with Gasteiger partial charge in [-0.05, 0) is 25.7 Å². The van der Waals surface area contributed by atoms with E-state index in [1.165, 1.54) is 44.1 Å². The predicted octanol–water partition coefficient (Wildman–Crippen LogP) is 2.55. The summed E-state index contributed by atoms with van der Waals surface area (Å²) in [6, 6.07) is 0.346. The van der Waals surface area contributed by atoms with Gasteiger partial charge < -0.3 is 10.2 Å². The summed E-state index contributed by atoms with van der Waals surface area (Å²) in [5, 5.41) is 6.65. The molecule has 0 radical (unpaired) electrons. The Bertz CT molecular complexity index is 598. The number of rotatable bonds is 4. The molecule has 1 aliphatic carbocycles. The quantitative estimate of drug-likeness (QED) is 0.801. The zero-order valence-electron chi connectivity index (χ0n) is 14.8. The molecule has 0 bridgehead atoms. The van der Waals surface area contributed by atoms with Crippen molar-refractivity contribution in [3.8, 4) is 0 Å². The number of carbonyl (C=O) groups is 2. The summed E-state index contributed by atoms with van der Waals surface area (Å²) in [4.78, 5) is 30.3. The number of amides is 2. The third kappa shape index (κ3) is 5.14. The second-order valence-corrected chi connectivity index (χ2v) is 7.79. The van der Waals surface area contributed by atoms with Crippen LogP contribution in [0.2, 0.25) is 0 Å². The van der Waals surface area contributed by atoms with Crippen molar-refractivity contribution in [1.82, 2.24) is 14.7 Å². The van der Waals surface area contributed by atoms with Gasteiger partial charge in [-0.3, -0.25) is 14.9 Å². The van der Waals surface area contributed by atoms with Crippen LogP contribution >= 0.6 is 11.5 Å². The van der Waals surface area contributed by atoms with Crippen LogP contribution in [0.5, 0.6) is 0 Å². The molecule has 2 N–H and O–H groups in total. The highest BCUT2D eigenvalue weighted by atomic mass is 32.1. The molecular formula is C17H27N5O2S. The molecule has 1 saturated carbocycles. The third-order valence-electron chi connectivity index (χ3n) is 4.97. The smallest absolute Gasteiger partial charge is 0.243 e. The number of nitrogens with zero attached hydrogens (tertiary/aromatic N) is 3. The van der Waals surface area contributed by atoms with Crippen molar-refractivity contribution in [1.29, 1.82) is 0 Å². The number of anilines is 2. The van der Waals surface area contributed by atoms with E-state index in [1.54, 1.807) is 0 Å². The summed E-state index contributed by atoms with van der Waals surface area (Å²) in [5.74, 6) is 0.356. The average molecular weight is 366 g/mol. The summed E-state index contributed by atoms with van der Waals surface area (Å²) >= 11 is 1.27. The summed E-state index contributed by atoms with van der Waals surface area (Å²) in [5.41, 5.74) is 0. The van der Waals surface area contributed by atoms with Gasteiger partial charge in [-0.25, -0.2) is 0 Å². The van der Waals surface area contributed by atoms with Crippen LogP contribution in [0.3, 0.4) is 0 Å². The first-order valence-electron chi connectivity index (χ1n) is 9.28. The van der Waals surface area contributed by atoms with Gasteiger partial charge in [0.15, 0.2) is 0 Å². The van der Waals surface area contributed by atoms with Crippen molar-refractivity contribution < 1.29 is 9.59 Å². The van der Waals surface area contributed by atoms with Crippen molar-refractivity contribution in [2.75, 3.05) is 23.3 Å². The minimum Gasteiger partial charge on any atom is -0.353 e. The van der Waals surface area contributed by atoms with Crippen molar-refractivity contribution in [3.63, 3.8) is 0 Å². The molecule has 8 heteroatoms. The summed E-state index contributed by atoms with van der Waals surface area (Å²) in [7, 11) is 0. The molecule has 0 aromatic carbocycles. The van der Waals surface area contributed by atoms with Gasteiger partial charge in [-0.2, -0.15) is 9.36 Å². The van der Waals surface area contributed by atoms with Crippen LogP contribution in [-0.4, -0.2) is 40.3 Å². The minimum absolute atomic E-state index is 0.00474. The summed E-state index contributed by atoms with van der Waals surface area (Å²) in [6.07, 6.45) is 9.13. The van der Waals surface area contributed by atoms with Crippen molar-refractivity contribution in [2.45, 2.75) is 64.3 Å². The van der Waals surface area contributed by atoms with Crippen LogP contribution in [0.25, 0.3) is 0 Å². The lowest BCUT2D eigenvalue weighted by atomic mass is 9.96. The molecule has 138 valence electrons. The number of carbonyl (C=O) groups excluding carboxylic acids is 2. The van der Waals surface area contributed by atoms with Gasteiger partial charge in [0, 0.05) is 37.6 Å². The van der Waals surface area contributed by atoms with Crippen molar-refractivity contribution in [3.05, 3.63) is 0 Å². The van der Waals surface area contributed by atoms with Gasteiger partial charge in [0.1, 0.15) is 0 Å². The van der Waals surface area contributed by atoms with Crippen LogP contribution in [0.15, 0.2) is 0 Å². The lowest BCUT2D eigenvalue weighted by Gasteiger charge is -2.32. The molecule has 1 saturated heterocycles. The fraction of sp³-hybridized carbons (Fsp3) is 0.765. The third-order valence-corrected chi connectivity index (χ3v) is 5.74. The Morgan fingerprint density at radius 1 is 1.12 bits per heavy atom. The normalized spacial score (nSPS) is 22.3. The minimum atomic E-state index is -0.177. The van der Waals surface area contributed by atoms with Crippen LogP contribution in [0.4, 0.5) is 11.1 Å². The first-order chi connectivity index (χ1) is 12.1. The first kappa shape index (κ1) is 18.1. The van der Waals surface area contributed by atoms with E-state index in [2.05, 4.69) is 24.9 Å². The van der Waals surface area contributed by atoms with Gasteiger partial charge >= 0.3 is 0 Å². The molecule has 0 spiro atoms. The number of hydrogen-bond donors (Lipinski definition) is 2. The van der Waals surface area contributed by atoms with Crippen molar-refractivity contribution >= 4 is 34.4 Å². The molecule has 2 heterocycles. The highest BCUT2D eigenvalue weighted by molar-refractivity contribution is 7.09. The van der Waals surface area contributed by atoms with Gasteiger partial charge in [0.25, 0.3) is 0 Å². The molecule has 1 aromatic heterocycles. The number of hydrogen-bond acceptors (Lipinski definition) is 6. The molecule has 25 heavy (non-hydrogen) atoms. The fourth-order valence-electron chi connectivity index (χ4n) is 3.66. The first-order valence-corrected chi connectivity index (χ1v) is 10.1. The van der Waals surface area contributed by atoms with Crippen LogP contribution in [-0.2, 0) is 9.59 Å². The fourth-order valence-corrected chi connectivity index (χ4v) is 4.32. The van der Waals surface area contributed by atoms with Crippen LogP contribution in [0.1, 0.15) is 58.3 Å². The van der Waals surface area contributed by atoms with E-state index in [0.29, 0.717) is 18.5 Å². The van der Waals surface area contributed by atoms with E-state index < -0.39 is 0 Å². The highest BCUT2D eigenvalue weighted by Gasteiger charge is 2.29. The van der Waals surface area contributed by atoms with Crippen LogP contribution in [0, 0.1) is 5.92 Å². The largest absolute Gasteiger partial charge is 0.353 e. The Hall–Kier alpha value is -1.70. The highest BCUT2D eigenvalue weighted by Crippen LogP contribution is 2.26. The van der Waals surface area contributed by atoms with Gasteiger partial charge in [0.2, 0.25) is 22.9 Å². The molecule has 1 aliphatic heterocycles. The Kier molecular flexibility index (Phi) is 6.23. The van der Waals surface area contributed by atoms with Gasteiger partial charge in [-0.1, -0.05) is 25.7 Å². The van der Waals surface area contributed by atoms with E-state index in [9.17, 15) is 9.59 Å². The maximum atomic E-state index is 12.7. The Morgan fingerprint density at radius 2 is 1.88 bits per heavy atom. The van der Waals surface area contributed by atoms with Crippen LogP contribution < -0.4 is 15.5 Å². The number of piperidine rings is 1. The Labute approximate surface area is 152 Å². The molecule has 1 aromatic rings. The van der Waals surface area contributed by atoms with E-state index in [4.69, 9.17) is 0 Å². The number of aromatic nitrogens is 2. The Balaban J connectivity index is 1.55.